The van der Waals surface area contributed by atoms with Crippen molar-refractivity contribution in [1.82, 2.24) is 9.55 Å². The van der Waals surface area contributed by atoms with Gasteiger partial charge in [-0.2, -0.15) is 0 Å². The first-order valence-corrected chi connectivity index (χ1v) is 6.82. The van der Waals surface area contributed by atoms with Crippen molar-refractivity contribution in [3.05, 3.63) is 78.1 Å². The largest absolute Gasteiger partial charge is 0.379 e. The minimum atomic E-state index is -0.231. The average Bonchev–Trinajstić information content (AvgIpc) is 2.88. The topological polar surface area (TPSA) is 29.9 Å². The van der Waals surface area contributed by atoms with Crippen LogP contribution in [0.5, 0.6) is 0 Å². The molecule has 0 saturated carbocycles. The lowest BCUT2D eigenvalue weighted by molar-refractivity contribution is 0.628. The number of anilines is 1. The summed E-state index contributed by atoms with van der Waals surface area (Å²) in [4.78, 5) is 4.38. The zero-order chi connectivity index (χ0) is 14.7. The van der Waals surface area contributed by atoms with Crippen LogP contribution in [0.2, 0.25) is 0 Å². The molecule has 2 aromatic carbocycles. The third-order valence-electron chi connectivity index (χ3n) is 3.34. The summed E-state index contributed by atoms with van der Waals surface area (Å²) in [7, 11) is 0. The number of benzene rings is 2. The van der Waals surface area contributed by atoms with Gasteiger partial charge in [0.1, 0.15) is 11.6 Å². The van der Waals surface area contributed by atoms with Crippen molar-refractivity contribution in [3.63, 3.8) is 0 Å². The second-order valence-electron chi connectivity index (χ2n) is 4.83. The normalized spacial score (nSPS) is 10.6. The second kappa shape index (κ2) is 5.79. The fourth-order valence-corrected chi connectivity index (χ4v) is 2.31. The maximum absolute atomic E-state index is 12.9. The SMILES string of the molecule is Cc1ncc(CNc2ccc(F)cc2)n1-c1ccccc1. The summed E-state index contributed by atoms with van der Waals surface area (Å²) in [6.45, 7) is 2.61. The molecule has 3 nitrogen and oxygen atoms in total. The smallest absolute Gasteiger partial charge is 0.123 e. The number of hydrogen-bond acceptors (Lipinski definition) is 2. The number of imidazole rings is 1. The fourth-order valence-electron chi connectivity index (χ4n) is 2.31. The standard InChI is InChI=1S/C17H16FN3/c1-13-19-11-17(21(13)16-5-3-2-4-6-16)12-20-15-9-7-14(18)8-10-15/h2-11,20H,12H2,1H3. The Morgan fingerprint density at radius 2 is 1.76 bits per heavy atom. The molecule has 3 rings (SSSR count). The predicted octanol–water partition coefficient (Wildman–Crippen LogP) is 3.93. The lowest BCUT2D eigenvalue weighted by atomic mass is 10.3. The van der Waals surface area contributed by atoms with E-state index >= 15 is 0 Å². The van der Waals surface area contributed by atoms with Crippen molar-refractivity contribution in [3.8, 4) is 5.69 Å². The van der Waals surface area contributed by atoms with Crippen LogP contribution in [0.3, 0.4) is 0 Å². The van der Waals surface area contributed by atoms with E-state index in [-0.39, 0.29) is 5.82 Å². The monoisotopic (exact) mass is 281 g/mol. The van der Waals surface area contributed by atoms with Crippen molar-refractivity contribution in [2.75, 3.05) is 5.32 Å². The predicted molar refractivity (Wildman–Crippen MR) is 82.0 cm³/mol. The van der Waals surface area contributed by atoms with E-state index in [0.29, 0.717) is 6.54 Å². The Labute approximate surface area is 123 Å². The molecule has 21 heavy (non-hydrogen) atoms. The maximum Gasteiger partial charge on any atom is 0.123 e. The van der Waals surface area contributed by atoms with Gasteiger partial charge in [0.25, 0.3) is 0 Å². The minimum Gasteiger partial charge on any atom is -0.379 e. The Morgan fingerprint density at radius 1 is 1.05 bits per heavy atom. The van der Waals surface area contributed by atoms with Crippen LogP contribution in [0, 0.1) is 12.7 Å². The first-order chi connectivity index (χ1) is 10.2. The Bertz CT molecular complexity index is 718. The Balaban J connectivity index is 1.82. The van der Waals surface area contributed by atoms with Crippen LogP contribution in [0.25, 0.3) is 5.69 Å². The summed E-state index contributed by atoms with van der Waals surface area (Å²) >= 11 is 0. The van der Waals surface area contributed by atoms with Gasteiger partial charge >= 0.3 is 0 Å². The molecule has 1 heterocycles. The molecule has 0 aliphatic rings. The van der Waals surface area contributed by atoms with Crippen LogP contribution in [0.1, 0.15) is 11.5 Å². The molecule has 0 atom stereocenters. The molecular weight excluding hydrogens is 265 g/mol. The number of nitrogens with zero attached hydrogens (tertiary/aromatic N) is 2. The molecular formula is C17H16FN3. The highest BCUT2D eigenvalue weighted by molar-refractivity contribution is 5.44. The molecule has 0 spiro atoms. The molecule has 3 aromatic rings. The van der Waals surface area contributed by atoms with Crippen molar-refractivity contribution >= 4 is 5.69 Å². The summed E-state index contributed by atoms with van der Waals surface area (Å²) in [5.41, 5.74) is 3.03. The van der Waals surface area contributed by atoms with E-state index < -0.39 is 0 Å². The van der Waals surface area contributed by atoms with E-state index in [4.69, 9.17) is 0 Å². The zero-order valence-corrected chi connectivity index (χ0v) is 11.8. The van der Waals surface area contributed by atoms with E-state index in [9.17, 15) is 4.39 Å². The number of rotatable bonds is 4. The van der Waals surface area contributed by atoms with Crippen molar-refractivity contribution < 1.29 is 4.39 Å². The molecule has 0 fully saturated rings. The van der Waals surface area contributed by atoms with Crippen molar-refractivity contribution in [2.24, 2.45) is 0 Å². The first kappa shape index (κ1) is 13.4. The van der Waals surface area contributed by atoms with Crippen LogP contribution < -0.4 is 5.32 Å². The lowest BCUT2D eigenvalue weighted by Gasteiger charge is -2.11. The highest BCUT2D eigenvalue weighted by Crippen LogP contribution is 2.16. The molecule has 0 aliphatic carbocycles. The molecule has 106 valence electrons. The van der Waals surface area contributed by atoms with Crippen LogP contribution in [0.4, 0.5) is 10.1 Å². The summed E-state index contributed by atoms with van der Waals surface area (Å²) in [5, 5.41) is 3.28. The van der Waals surface area contributed by atoms with Gasteiger partial charge in [0.2, 0.25) is 0 Å². The highest BCUT2D eigenvalue weighted by atomic mass is 19.1. The average molecular weight is 281 g/mol. The molecule has 0 saturated heterocycles. The van der Waals surface area contributed by atoms with Gasteiger partial charge in [-0.3, -0.25) is 4.57 Å². The number of para-hydroxylation sites is 1. The molecule has 0 amide bonds. The fraction of sp³-hybridized carbons (Fsp3) is 0.118. The molecule has 4 heteroatoms. The van der Waals surface area contributed by atoms with Crippen LogP contribution in [-0.4, -0.2) is 9.55 Å². The molecule has 0 unspecified atom stereocenters. The van der Waals surface area contributed by atoms with Crippen LogP contribution in [-0.2, 0) is 6.54 Å². The van der Waals surface area contributed by atoms with Crippen molar-refractivity contribution in [2.45, 2.75) is 13.5 Å². The van der Waals surface area contributed by atoms with E-state index in [1.165, 1.54) is 12.1 Å². The quantitative estimate of drug-likeness (QED) is 0.785. The Kier molecular flexibility index (Phi) is 3.69. The number of aromatic nitrogens is 2. The van der Waals surface area contributed by atoms with Gasteiger partial charge in [-0.05, 0) is 43.3 Å². The van der Waals surface area contributed by atoms with Crippen molar-refractivity contribution in [1.29, 1.82) is 0 Å². The third-order valence-corrected chi connectivity index (χ3v) is 3.34. The van der Waals surface area contributed by atoms with Gasteiger partial charge in [0, 0.05) is 11.4 Å². The first-order valence-electron chi connectivity index (χ1n) is 6.82. The van der Waals surface area contributed by atoms with E-state index in [1.807, 2.05) is 31.3 Å². The Morgan fingerprint density at radius 3 is 2.48 bits per heavy atom. The zero-order valence-electron chi connectivity index (χ0n) is 11.8. The molecule has 1 aromatic heterocycles. The molecule has 0 radical (unpaired) electrons. The van der Waals surface area contributed by atoms with Gasteiger partial charge in [0.15, 0.2) is 0 Å². The van der Waals surface area contributed by atoms with Gasteiger partial charge < -0.3 is 5.32 Å². The number of hydrogen-bond donors (Lipinski definition) is 1. The molecule has 1 N–H and O–H groups in total. The molecule has 0 bridgehead atoms. The molecule has 0 aliphatic heterocycles. The van der Waals surface area contributed by atoms with E-state index in [0.717, 1.165) is 22.9 Å². The maximum atomic E-state index is 12.9. The van der Waals surface area contributed by atoms with Crippen LogP contribution >= 0.6 is 0 Å². The summed E-state index contributed by atoms with van der Waals surface area (Å²) < 4.78 is 15.0. The lowest BCUT2D eigenvalue weighted by Crippen LogP contribution is -2.07. The van der Waals surface area contributed by atoms with Gasteiger partial charge in [-0.1, -0.05) is 18.2 Å². The van der Waals surface area contributed by atoms with E-state index in [1.54, 1.807) is 12.1 Å². The van der Waals surface area contributed by atoms with Crippen LogP contribution in [0.15, 0.2) is 60.8 Å². The van der Waals surface area contributed by atoms with E-state index in [2.05, 4.69) is 27.0 Å². The third kappa shape index (κ3) is 2.94. The number of nitrogens with one attached hydrogen (secondary N) is 1. The minimum absolute atomic E-state index is 0.231. The Hall–Kier alpha value is -2.62. The van der Waals surface area contributed by atoms with Gasteiger partial charge in [0.05, 0.1) is 18.4 Å². The van der Waals surface area contributed by atoms with Gasteiger partial charge in [-0.15, -0.1) is 0 Å². The van der Waals surface area contributed by atoms with Gasteiger partial charge in [-0.25, -0.2) is 9.37 Å². The summed E-state index contributed by atoms with van der Waals surface area (Å²) in [6, 6.07) is 16.5. The number of halogens is 1. The second-order valence-corrected chi connectivity index (χ2v) is 4.83. The summed E-state index contributed by atoms with van der Waals surface area (Å²) in [6.07, 6.45) is 1.86. The summed E-state index contributed by atoms with van der Waals surface area (Å²) in [5.74, 6) is 0.711. The number of aryl methyl sites for hydroxylation is 1. The highest BCUT2D eigenvalue weighted by Gasteiger charge is 2.08.